The number of imide groups is 1. The molecule has 0 spiro atoms. The van der Waals surface area contributed by atoms with Gasteiger partial charge in [0.1, 0.15) is 0 Å². The fourth-order valence-corrected chi connectivity index (χ4v) is 2.46. The first kappa shape index (κ1) is 15.4. The van der Waals surface area contributed by atoms with Crippen LogP contribution in [-0.4, -0.2) is 29.0 Å². The highest BCUT2D eigenvalue weighted by molar-refractivity contribution is 6.29. The van der Waals surface area contributed by atoms with Crippen LogP contribution < -0.4 is 0 Å². The van der Waals surface area contributed by atoms with Crippen LogP contribution in [0.1, 0.15) is 38.7 Å². The summed E-state index contributed by atoms with van der Waals surface area (Å²) < 4.78 is 0. The van der Waals surface area contributed by atoms with E-state index < -0.39 is 0 Å². The summed E-state index contributed by atoms with van der Waals surface area (Å²) in [5.41, 5.74) is 0.951. The van der Waals surface area contributed by atoms with E-state index in [0.29, 0.717) is 18.9 Å². The van der Waals surface area contributed by atoms with Gasteiger partial charge in [0.05, 0.1) is 18.8 Å². The third kappa shape index (κ3) is 4.25. The summed E-state index contributed by atoms with van der Waals surface area (Å²) >= 11 is 0. The van der Waals surface area contributed by atoms with Gasteiger partial charge in [-0.2, -0.15) is 0 Å². The second-order valence-corrected chi connectivity index (χ2v) is 5.79. The zero-order chi connectivity index (χ0) is 15.2. The van der Waals surface area contributed by atoms with E-state index >= 15 is 0 Å². The average Bonchev–Trinajstić information content (AvgIpc) is 2.53. The van der Waals surface area contributed by atoms with Gasteiger partial charge in [0.15, 0.2) is 0 Å². The zero-order valence-corrected chi connectivity index (χ0v) is 12.7. The van der Waals surface area contributed by atoms with Gasteiger partial charge in [-0.1, -0.05) is 44.2 Å². The number of carbonyl (C=O) groups excluding carboxylic acids is 2. The lowest BCUT2D eigenvalue weighted by Gasteiger charge is -2.18. The number of aliphatic imine (C=N–C) groups is 1. The van der Waals surface area contributed by atoms with Crippen molar-refractivity contribution in [3.63, 3.8) is 0 Å². The van der Waals surface area contributed by atoms with Gasteiger partial charge in [-0.25, -0.2) is 0 Å². The zero-order valence-electron chi connectivity index (χ0n) is 12.7. The molecule has 0 fully saturated rings. The normalized spacial score (nSPS) is 20.3. The first-order valence-electron chi connectivity index (χ1n) is 7.49. The number of benzene rings is 1. The maximum atomic E-state index is 12.3. The molecule has 2 rings (SSSR count). The van der Waals surface area contributed by atoms with Crippen molar-refractivity contribution in [3.05, 3.63) is 35.9 Å². The largest absolute Gasteiger partial charge is 0.284 e. The lowest BCUT2D eigenvalue weighted by Crippen LogP contribution is -2.36. The van der Waals surface area contributed by atoms with Gasteiger partial charge in [0.25, 0.3) is 5.91 Å². The molecule has 0 aliphatic carbocycles. The van der Waals surface area contributed by atoms with Crippen molar-refractivity contribution < 1.29 is 9.59 Å². The predicted molar refractivity (Wildman–Crippen MR) is 83.0 cm³/mol. The van der Waals surface area contributed by atoms with Crippen molar-refractivity contribution in [3.8, 4) is 0 Å². The third-order valence-electron chi connectivity index (χ3n) is 3.79. The van der Waals surface area contributed by atoms with Crippen LogP contribution in [0.3, 0.4) is 0 Å². The predicted octanol–water partition coefficient (Wildman–Crippen LogP) is 2.82. The Morgan fingerprint density at radius 3 is 2.62 bits per heavy atom. The van der Waals surface area contributed by atoms with Gasteiger partial charge in [-0.3, -0.25) is 19.5 Å². The lowest BCUT2D eigenvalue weighted by atomic mass is 9.99. The molecule has 0 saturated heterocycles. The van der Waals surface area contributed by atoms with Crippen LogP contribution in [0, 0.1) is 5.92 Å². The Labute approximate surface area is 125 Å². The molecule has 0 bridgehead atoms. The molecule has 0 aromatic heterocycles. The highest BCUT2D eigenvalue weighted by Gasteiger charge is 2.23. The van der Waals surface area contributed by atoms with E-state index in [1.807, 2.05) is 30.3 Å². The topological polar surface area (TPSA) is 49.7 Å². The van der Waals surface area contributed by atoms with Crippen LogP contribution in [0.15, 0.2) is 35.3 Å². The molecule has 1 aliphatic rings. The monoisotopic (exact) mass is 286 g/mol. The summed E-state index contributed by atoms with van der Waals surface area (Å²) in [5, 5.41) is 0. The number of carbonyl (C=O) groups is 2. The van der Waals surface area contributed by atoms with Gasteiger partial charge in [-0.05, 0) is 24.3 Å². The Bertz CT molecular complexity index is 523. The van der Waals surface area contributed by atoms with Crippen molar-refractivity contribution in [2.75, 3.05) is 0 Å². The Balaban J connectivity index is 2.16. The molecule has 0 N–H and O–H groups in total. The van der Waals surface area contributed by atoms with Crippen molar-refractivity contribution in [1.82, 2.24) is 4.90 Å². The van der Waals surface area contributed by atoms with Crippen LogP contribution in [0.2, 0.25) is 0 Å². The molecule has 1 aromatic carbocycles. The number of hydrogen-bond donors (Lipinski definition) is 0. The molecule has 1 aliphatic heterocycles. The Kier molecular flexibility index (Phi) is 5.26. The maximum Gasteiger partial charge on any atom is 0.271 e. The molecule has 21 heavy (non-hydrogen) atoms. The second-order valence-electron chi connectivity index (χ2n) is 5.79. The highest BCUT2D eigenvalue weighted by Crippen LogP contribution is 2.17. The van der Waals surface area contributed by atoms with Gasteiger partial charge < -0.3 is 0 Å². The van der Waals surface area contributed by atoms with E-state index in [1.54, 1.807) is 0 Å². The summed E-state index contributed by atoms with van der Waals surface area (Å²) in [6, 6.07) is 9.69. The molecule has 4 nitrogen and oxygen atoms in total. The standard InChI is InChI=1S/C17H22N2O2/c1-13(2)15-9-6-10-16(20)19(17(21)11-18-15)12-14-7-4-3-5-8-14/h3-5,7-8,11,13,15H,6,9-10,12H2,1-2H3. The summed E-state index contributed by atoms with van der Waals surface area (Å²) in [5.74, 6) is -0.0408. The molecule has 2 amide bonds. The summed E-state index contributed by atoms with van der Waals surface area (Å²) in [6.07, 6.45) is 3.37. The first-order chi connectivity index (χ1) is 10.1. The number of rotatable bonds is 3. The fraction of sp³-hybridized carbons (Fsp3) is 0.471. The van der Waals surface area contributed by atoms with Gasteiger partial charge in [0.2, 0.25) is 5.91 Å². The Hall–Kier alpha value is -1.97. The Morgan fingerprint density at radius 2 is 1.95 bits per heavy atom. The molecule has 1 unspecified atom stereocenters. The molecule has 1 heterocycles. The molecule has 0 radical (unpaired) electrons. The van der Waals surface area contributed by atoms with Crippen LogP contribution in [0.5, 0.6) is 0 Å². The second kappa shape index (κ2) is 7.16. The summed E-state index contributed by atoms with van der Waals surface area (Å²) in [7, 11) is 0. The minimum absolute atomic E-state index is 0.111. The molecule has 4 heteroatoms. The lowest BCUT2D eigenvalue weighted by molar-refractivity contribution is -0.141. The van der Waals surface area contributed by atoms with Crippen molar-refractivity contribution in [2.24, 2.45) is 10.9 Å². The van der Waals surface area contributed by atoms with E-state index in [-0.39, 0.29) is 17.9 Å². The van der Waals surface area contributed by atoms with Gasteiger partial charge >= 0.3 is 0 Å². The van der Waals surface area contributed by atoms with Crippen LogP contribution in [-0.2, 0) is 16.1 Å². The van der Waals surface area contributed by atoms with Crippen molar-refractivity contribution in [1.29, 1.82) is 0 Å². The maximum absolute atomic E-state index is 12.3. The van der Waals surface area contributed by atoms with Gasteiger partial charge in [0, 0.05) is 6.42 Å². The number of nitrogens with zero attached hydrogens (tertiary/aromatic N) is 2. The average molecular weight is 286 g/mol. The quantitative estimate of drug-likeness (QED) is 0.802. The summed E-state index contributed by atoms with van der Waals surface area (Å²) in [6.45, 7) is 4.50. The smallest absolute Gasteiger partial charge is 0.271 e. The van der Waals surface area contributed by atoms with E-state index in [9.17, 15) is 9.59 Å². The fourth-order valence-electron chi connectivity index (χ4n) is 2.46. The van der Waals surface area contributed by atoms with E-state index in [0.717, 1.165) is 18.4 Å². The third-order valence-corrected chi connectivity index (χ3v) is 3.79. The van der Waals surface area contributed by atoms with Crippen LogP contribution in [0.4, 0.5) is 0 Å². The van der Waals surface area contributed by atoms with Crippen molar-refractivity contribution in [2.45, 2.75) is 45.7 Å². The molecule has 0 saturated carbocycles. The first-order valence-corrected chi connectivity index (χ1v) is 7.49. The number of amides is 2. The van der Waals surface area contributed by atoms with Crippen LogP contribution in [0.25, 0.3) is 0 Å². The Morgan fingerprint density at radius 1 is 1.24 bits per heavy atom. The SMILES string of the molecule is CC(C)C1CCCC(=O)N(Cc2ccccc2)C(=O)C=N1. The minimum Gasteiger partial charge on any atom is -0.284 e. The minimum atomic E-state index is -0.309. The van der Waals surface area contributed by atoms with E-state index in [2.05, 4.69) is 18.8 Å². The molecule has 1 aromatic rings. The summed E-state index contributed by atoms with van der Waals surface area (Å²) in [4.78, 5) is 30.2. The highest BCUT2D eigenvalue weighted by atomic mass is 16.2. The van der Waals surface area contributed by atoms with Crippen molar-refractivity contribution >= 4 is 18.0 Å². The molecular formula is C17H22N2O2. The molecule has 1 atom stereocenters. The van der Waals surface area contributed by atoms with E-state index in [4.69, 9.17) is 0 Å². The molecule has 112 valence electrons. The molecular weight excluding hydrogens is 264 g/mol. The van der Waals surface area contributed by atoms with E-state index in [1.165, 1.54) is 11.1 Å². The van der Waals surface area contributed by atoms with Crippen LogP contribution >= 0.6 is 0 Å². The van der Waals surface area contributed by atoms with Gasteiger partial charge in [-0.15, -0.1) is 0 Å². The number of hydrogen-bond acceptors (Lipinski definition) is 3.